The van der Waals surface area contributed by atoms with Gasteiger partial charge in [0.1, 0.15) is 16.9 Å². The molecule has 156 valence electrons. The van der Waals surface area contributed by atoms with E-state index in [-0.39, 0.29) is 22.3 Å². The molecule has 30 heavy (non-hydrogen) atoms. The van der Waals surface area contributed by atoms with Crippen molar-refractivity contribution in [1.29, 1.82) is 0 Å². The van der Waals surface area contributed by atoms with Gasteiger partial charge in [0.2, 0.25) is 0 Å². The molecule has 0 radical (unpaired) electrons. The van der Waals surface area contributed by atoms with Crippen LogP contribution in [0.5, 0.6) is 0 Å². The Kier molecular flexibility index (Phi) is 4.74. The lowest BCUT2D eigenvalue weighted by molar-refractivity contribution is -0.137. The monoisotopic (exact) mass is 457 g/mol. The van der Waals surface area contributed by atoms with Crippen molar-refractivity contribution in [2.24, 2.45) is 0 Å². The maximum atomic E-state index is 14.0. The number of nitrogens with one attached hydrogen (secondary N) is 1. The summed E-state index contributed by atoms with van der Waals surface area (Å²) in [5.74, 6) is -1.25. The van der Waals surface area contributed by atoms with Gasteiger partial charge in [-0.3, -0.25) is 0 Å². The molecule has 0 amide bonds. The predicted molar refractivity (Wildman–Crippen MR) is 105 cm³/mol. The number of aromatic nitrogens is 3. The Bertz CT molecular complexity index is 1420. The smallest absolute Gasteiger partial charge is 0.357 e. The molecule has 1 aromatic carbocycles. The molecule has 3 heterocycles. The average molecular weight is 458 g/mol. The molecule has 5 nitrogen and oxygen atoms in total. The van der Waals surface area contributed by atoms with E-state index in [0.717, 1.165) is 6.20 Å². The van der Waals surface area contributed by atoms with Crippen molar-refractivity contribution < 1.29 is 26.0 Å². The first-order chi connectivity index (χ1) is 14.0. The number of nitrogens with zero attached hydrogens (tertiary/aromatic N) is 2. The van der Waals surface area contributed by atoms with Crippen molar-refractivity contribution >= 4 is 43.4 Å². The number of aromatic amines is 1. The topological polar surface area (TPSA) is 75.7 Å². The van der Waals surface area contributed by atoms with Gasteiger partial charge in [-0.15, -0.1) is 0 Å². The van der Waals surface area contributed by atoms with Crippen molar-refractivity contribution in [3.05, 3.63) is 52.9 Å². The van der Waals surface area contributed by atoms with Gasteiger partial charge in [-0.05, 0) is 30.3 Å². The van der Waals surface area contributed by atoms with Crippen LogP contribution in [0.15, 0.2) is 41.4 Å². The van der Waals surface area contributed by atoms with Gasteiger partial charge in [-0.2, -0.15) is 13.2 Å². The van der Waals surface area contributed by atoms with Crippen LogP contribution in [-0.4, -0.2) is 29.1 Å². The second-order valence-corrected chi connectivity index (χ2v) is 9.17. The molecule has 4 aromatic rings. The maximum Gasteiger partial charge on any atom is 0.418 e. The lowest BCUT2D eigenvalue weighted by Crippen LogP contribution is -2.13. The van der Waals surface area contributed by atoms with Crippen LogP contribution < -0.4 is 0 Å². The third kappa shape index (κ3) is 3.39. The first-order valence-corrected chi connectivity index (χ1v) is 10.6. The summed E-state index contributed by atoms with van der Waals surface area (Å²) in [5, 5.41) is 0.641. The first-order valence-electron chi connectivity index (χ1n) is 8.59. The number of pyridine rings is 2. The van der Waals surface area contributed by atoms with E-state index in [2.05, 4.69) is 15.0 Å². The molecule has 0 bridgehead atoms. The van der Waals surface area contributed by atoms with Gasteiger partial charge in [0, 0.05) is 16.6 Å². The lowest BCUT2D eigenvalue weighted by atomic mass is 10.1. The quantitative estimate of drug-likeness (QED) is 0.419. The minimum Gasteiger partial charge on any atom is -0.357 e. The van der Waals surface area contributed by atoms with Crippen LogP contribution in [0.3, 0.4) is 0 Å². The van der Waals surface area contributed by atoms with Gasteiger partial charge in [-0.1, -0.05) is 18.5 Å². The SMILES string of the molecule is CCS(=O)(=O)c1cc2cc(Cl)ccc2nc1-c1nc2c(F)c[nH]c2cc1C(F)(F)F. The van der Waals surface area contributed by atoms with Crippen LogP contribution in [-0.2, 0) is 16.0 Å². The molecule has 11 heteroatoms. The Morgan fingerprint density at radius 3 is 2.50 bits per heavy atom. The van der Waals surface area contributed by atoms with Crippen LogP contribution in [0.2, 0.25) is 5.02 Å². The van der Waals surface area contributed by atoms with Crippen molar-refractivity contribution in [3.8, 4) is 11.4 Å². The minimum absolute atomic E-state index is 0.170. The zero-order chi connectivity index (χ0) is 21.8. The Morgan fingerprint density at radius 1 is 1.10 bits per heavy atom. The van der Waals surface area contributed by atoms with E-state index in [1.807, 2.05) is 0 Å². The van der Waals surface area contributed by atoms with Gasteiger partial charge >= 0.3 is 6.18 Å². The van der Waals surface area contributed by atoms with Crippen molar-refractivity contribution in [2.45, 2.75) is 18.0 Å². The summed E-state index contributed by atoms with van der Waals surface area (Å²) in [6, 6.07) is 6.28. The maximum absolute atomic E-state index is 14.0. The Hall–Kier alpha value is -2.72. The van der Waals surface area contributed by atoms with Crippen LogP contribution in [0.25, 0.3) is 33.3 Å². The molecule has 0 saturated heterocycles. The molecule has 0 spiro atoms. The molecule has 0 aliphatic heterocycles. The normalized spacial score (nSPS) is 12.7. The summed E-state index contributed by atoms with van der Waals surface area (Å²) in [4.78, 5) is 9.93. The van der Waals surface area contributed by atoms with Crippen LogP contribution in [0.1, 0.15) is 12.5 Å². The predicted octanol–water partition coefficient (Wildman–Crippen LogP) is 5.38. The van der Waals surface area contributed by atoms with Crippen molar-refractivity contribution in [3.63, 3.8) is 0 Å². The Balaban J connectivity index is 2.17. The molecule has 0 unspecified atom stereocenters. The standard InChI is InChI=1S/C19H12ClF4N3O2S/c1-2-30(28,29)15-6-9-5-10(20)3-4-13(9)26-18(15)16-11(19(22,23)24)7-14-17(27-16)12(21)8-25-14/h3-8,25H,2H2,1H3. The molecular weight excluding hydrogens is 446 g/mol. The largest absolute Gasteiger partial charge is 0.418 e. The number of hydrogen-bond acceptors (Lipinski definition) is 4. The lowest BCUT2D eigenvalue weighted by Gasteiger charge is -2.15. The molecule has 1 N–H and O–H groups in total. The highest BCUT2D eigenvalue weighted by Crippen LogP contribution is 2.40. The summed E-state index contributed by atoms with van der Waals surface area (Å²) >= 11 is 5.95. The van der Waals surface area contributed by atoms with Gasteiger partial charge in [-0.25, -0.2) is 22.8 Å². The molecule has 3 aromatic heterocycles. The number of hydrogen-bond donors (Lipinski definition) is 1. The molecule has 0 aliphatic carbocycles. The summed E-state index contributed by atoms with van der Waals surface area (Å²) in [5.41, 5.74) is -2.80. The second kappa shape index (κ2) is 6.92. The number of rotatable bonds is 3. The van der Waals surface area contributed by atoms with E-state index >= 15 is 0 Å². The second-order valence-electron chi connectivity index (χ2n) is 6.49. The molecule has 0 aliphatic rings. The van der Waals surface area contributed by atoms with Crippen molar-refractivity contribution in [1.82, 2.24) is 15.0 Å². The molecule has 0 saturated carbocycles. The summed E-state index contributed by atoms with van der Waals surface area (Å²) in [6.45, 7) is 1.36. The molecular formula is C19H12ClF4N3O2S. The zero-order valence-electron chi connectivity index (χ0n) is 15.2. The number of benzene rings is 1. The van der Waals surface area contributed by atoms with Crippen LogP contribution in [0.4, 0.5) is 17.6 Å². The number of halogens is 5. The fourth-order valence-corrected chi connectivity index (χ4v) is 4.34. The van der Waals surface area contributed by atoms with Crippen LogP contribution in [0, 0.1) is 5.82 Å². The zero-order valence-corrected chi connectivity index (χ0v) is 16.8. The number of sulfone groups is 1. The highest BCUT2D eigenvalue weighted by atomic mass is 35.5. The number of alkyl halides is 3. The van der Waals surface area contributed by atoms with E-state index in [9.17, 15) is 26.0 Å². The summed E-state index contributed by atoms with van der Waals surface area (Å²) in [6.07, 6.45) is -4.01. The average Bonchev–Trinajstić information content (AvgIpc) is 3.05. The highest BCUT2D eigenvalue weighted by Gasteiger charge is 2.37. The number of fused-ring (bicyclic) bond motifs is 2. The van der Waals surface area contributed by atoms with Gasteiger partial charge < -0.3 is 4.98 Å². The van der Waals surface area contributed by atoms with Gasteiger partial charge in [0.25, 0.3) is 0 Å². The van der Waals surface area contributed by atoms with E-state index in [1.165, 1.54) is 31.2 Å². The molecule has 4 rings (SSSR count). The summed E-state index contributed by atoms with van der Waals surface area (Å²) in [7, 11) is -4.01. The van der Waals surface area contributed by atoms with E-state index in [4.69, 9.17) is 11.6 Å². The highest BCUT2D eigenvalue weighted by molar-refractivity contribution is 7.91. The van der Waals surface area contributed by atoms with E-state index in [1.54, 1.807) is 0 Å². The fourth-order valence-electron chi connectivity index (χ4n) is 3.10. The first kappa shape index (κ1) is 20.5. The Labute approximate surface area is 172 Å². The molecule has 0 fully saturated rings. The van der Waals surface area contributed by atoms with Crippen molar-refractivity contribution in [2.75, 3.05) is 5.75 Å². The van der Waals surface area contributed by atoms with E-state index in [0.29, 0.717) is 16.5 Å². The minimum atomic E-state index is -4.89. The Morgan fingerprint density at radius 2 is 1.83 bits per heavy atom. The van der Waals surface area contributed by atoms with Gasteiger partial charge in [0.15, 0.2) is 15.7 Å². The number of H-pyrrole nitrogens is 1. The van der Waals surface area contributed by atoms with E-state index < -0.39 is 43.7 Å². The van der Waals surface area contributed by atoms with Crippen LogP contribution >= 0.6 is 11.6 Å². The fraction of sp³-hybridized carbons (Fsp3) is 0.158. The van der Waals surface area contributed by atoms with Gasteiger partial charge in [0.05, 0.1) is 27.2 Å². The third-order valence-electron chi connectivity index (χ3n) is 4.59. The third-order valence-corrected chi connectivity index (χ3v) is 6.57. The molecule has 0 atom stereocenters. The summed E-state index contributed by atoms with van der Waals surface area (Å²) < 4.78 is 80.9.